The number of sulfonamides is 1. The summed E-state index contributed by atoms with van der Waals surface area (Å²) in [6.45, 7) is 7.36. The minimum atomic E-state index is -3.84. The van der Waals surface area contributed by atoms with Crippen LogP contribution < -0.4 is 20.5 Å². The normalized spacial score (nSPS) is 11.5. The second kappa shape index (κ2) is 9.63. The minimum absolute atomic E-state index is 0.0157. The van der Waals surface area contributed by atoms with Gasteiger partial charge >= 0.3 is 0 Å². The lowest BCUT2D eigenvalue weighted by Crippen LogP contribution is -2.13. The zero-order valence-electron chi connectivity index (χ0n) is 19.7. The van der Waals surface area contributed by atoms with Gasteiger partial charge < -0.3 is 20.3 Å². The van der Waals surface area contributed by atoms with Crippen molar-refractivity contribution in [3.63, 3.8) is 0 Å². The van der Waals surface area contributed by atoms with Crippen LogP contribution in [0.25, 0.3) is 11.3 Å². The van der Waals surface area contributed by atoms with Crippen LogP contribution in [-0.4, -0.2) is 29.6 Å². The highest BCUT2D eigenvalue weighted by Crippen LogP contribution is 2.32. The zero-order chi connectivity index (χ0) is 25.2. The average Bonchev–Trinajstić information content (AvgIpc) is 3.12. The molecule has 2 aromatic carbocycles. The second-order valence-electron chi connectivity index (χ2n) is 8.19. The molecular formula is C24H26N6O4S. The molecule has 4 N–H and O–H groups in total. The summed E-state index contributed by atoms with van der Waals surface area (Å²) >= 11 is 0. The molecule has 2 heterocycles. The molecule has 0 amide bonds. The molecule has 0 aliphatic heterocycles. The molecule has 0 atom stereocenters. The molecule has 4 aromatic rings. The van der Waals surface area contributed by atoms with Gasteiger partial charge in [0.25, 0.3) is 10.0 Å². The van der Waals surface area contributed by atoms with Gasteiger partial charge in [-0.05, 0) is 70.2 Å². The molecule has 4 rings (SSSR count). The summed E-state index contributed by atoms with van der Waals surface area (Å²) in [5, 5.41) is 6.93. The first-order valence-electron chi connectivity index (χ1n) is 10.8. The van der Waals surface area contributed by atoms with E-state index in [2.05, 4.69) is 25.2 Å². The number of nitrogens with zero attached hydrogens (tertiary/aromatic N) is 3. The van der Waals surface area contributed by atoms with Crippen molar-refractivity contribution in [3.05, 3.63) is 66.1 Å². The fourth-order valence-electron chi connectivity index (χ4n) is 3.23. The van der Waals surface area contributed by atoms with Gasteiger partial charge in [-0.25, -0.2) is 23.1 Å². The molecule has 0 unspecified atom stereocenters. The Bertz CT molecular complexity index is 1450. The molecule has 10 nitrogen and oxygen atoms in total. The van der Waals surface area contributed by atoms with Gasteiger partial charge in [0.05, 0.1) is 22.4 Å². The van der Waals surface area contributed by atoms with Gasteiger partial charge in [-0.3, -0.25) is 0 Å². The van der Waals surface area contributed by atoms with Crippen molar-refractivity contribution >= 4 is 33.1 Å². The van der Waals surface area contributed by atoms with Gasteiger partial charge in [-0.2, -0.15) is 0 Å². The van der Waals surface area contributed by atoms with Gasteiger partial charge in [-0.1, -0.05) is 5.16 Å². The number of nitrogens with one attached hydrogen (secondary N) is 2. The smallest absolute Gasteiger partial charge is 0.264 e. The number of nitrogen functional groups attached to an aromatic ring is 1. The molecule has 35 heavy (non-hydrogen) atoms. The fraction of sp³-hybridized carbons (Fsp3) is 0.208. The fourth-order valence-corrected chi connectivity index (χ4v) is 4.28. The molecule has 0 spiro atoms. The van der Waals surface area contributed by atoms with E-state index in [0.717, 1.165) is 5.56 Å². The monoisotopic (exact) mass is 494 g/mol. The first kappa shape index (κ1) is 24.0. The van der Waals surface area contributed by atoms with Crippen LogP contribution >= 0.6 is 0 Å². The van der Waals surface area contributed by atoms with E-state index in [1.807, 2.05) is 19.9 Å². The lowest BCUT2D eigenvalue weighted by atomic mass is 10.1. The number of ether oxygens (including phenoxy) is 1. The predicted molar refractivity (Wildman–Crippen MR) is 134 cm³/mol. The number of anilines is 4. The summed E-state index contributed by atoms with van der Waals surface area (Å²) in [6, 6.07) is 13.4. The Balaban J connectivity index is 1.54. The van der Waals surface area contributed by atoms with E-state index in [4.69, 9.17) is 15.0 Å². The summed E-state index contributed by atoms with van der Waals surface area (Å²) in [4.78, 5) is 8.71. The third kappa shape index (κ3) is 5.52. The van der Waals surface area contributed by atoms with E-state index in [1.165, 1.54) is 18.5 Å². The van der Waals surface area contributed by atoms with Crippen molar-refractivity contribution in [1.29, 1.82) is 0 Å². The van der Waals surface area contributed by atoms with Crippen molar-refractivity contribution < 1.29 is 17.7 Å². The number of aromatic nitrogens is 3. The summed E-state index contributed by atoms with van der Waals surface area (Å²) in [6.07, 6.45) is 1.42. The van der Waals surface area contributed by atoms with Crippen molar-refractivity contribution in [3.8, 4) is 17.0 Å². The molecule has 11 heteroatoms. The number of nitrogens with two attached hydrogens (primary N) is 1. The summed E-state index contributed by atoms with van der Waals surface area (Å²) in [5.41, 5.74) is 9.85. The molecule has 0 aliphatic rings. The van der Waals surface area contributed by atoms with Gasteiger partial charge in [0.2, 0.25) is 5.88 Å². The second-order valence-corrected chi connectivity index (χ2v) is 9.87. The number of hydrogen-bond donors (Lipinski definition) is 3. The van der Waals surface area contributed by atoms with Gasteiger partial charge in [0, 0.05) is 28.6 Å². The number of hydrogen-bond acceptors (Lipinski definition) is 9. The highest BCUT2D eigenvalue weighted by molar-refractivity contribution is 7.92. The van der Waals surface area contributed by atoms with E-state index in [9.17, 15) is 8.42 Å². The largest absolute Gasteiger partial charge is 0.490 e. The molecule has 0 fully saturated rings. The summed E-state index contributed by atoms with van der Waals surface area (Å²) < 4.78 is 38.8. The first-order chi connectivity index (χ1) is 16.6. The standard InChI is InChI=1S/C24H26N6O4S/c1-14(2)33-22-10-5-17(25)11-20(22)21-12-23(27-13-26-21)28-18-6-8-19(9-7-18)35(31,32)30-24-15(3)16(4)29-34-24/h5-14,30H,25H2,1-4H3,(H,26,27,28). The molecule has 0 bridgehead atoms. The Labute approximate surface area is 203 Å². The Morgan fingerprint density at radius 2 is 1.77 bits per heavy atom. The van der Waals surface area contributed by atoms with Gasteiger partial charge in [0.1, 0.15) is 17.9 Å². The Morgan fingerprint density at radius 1 is 1.03 bits per heavy atom. The molecule has 0 aliphatic carbocycles. The highest BCUT2D eigenvalue weighted by atomic mass is 32.2. The molecule has 2 aromatic heterocycles. The first-order valence-corrected chi connectivity index (χ1v) is 12.3. The minimum Gasteiger partial charge on any atom is -0.490 e. The van der Waals surface area contributed by atoms with Crippen molar-refractivity contribution in [2.45, 2.75) is 38.7 Å². The van der Waals surface area contributed by atoms with E-state index in [-0.39, 0.29) is 16.9 Å². The van der Waals surface area contributed by atoms with E-state index in [1.54, 1.807) is 44.2 Å². The predicted octanol–water partition coefficient (Wildman–Crippen LogP) is 4.66. The Morgan fingerprint density at radius 3 is 2.43 bits per heavy atom. The average molecular weight is 495 g/mol. The SMILES string of the molecule is Cc1noc(NS(=O)(=O)c2ccc(Nc3cc(-c4cc(N)ccc4OC(C)C)ncn3)cc2)c1C. The maximum absolute atomic E-state index is 12.7. The van der Waals surface area contributed by atoms with Crippen LogP contribution in [0, 0.1) is 13.8 Å². The molecule has 0 radical (unpaired) electrons. The van der Waals surface area contributed by atoms with Gasteiger partial charge in [0.15, 0.2) is 0 Å². The Hall–Kier alpha value is -4.12. The van der Waals surface area contributed by atoms with E-state index >= 15 is 0 Å². The van der Waals surface area contributed by atoms with E-state index < -0.39 is 10.0 Å². The molecule has 0 saturated carbocycles. The summed E-state index contributed by atoms with van der Waals surface area (Å²) in [5.74, 6) is 1.29. The third-order valence-corrected chi connectivity index (χ3v) is 6.48. The summed E-state index contributed by atoms with van der Waals surface area (Å²) in [7, 11) is -3.84. The maximum Gasteiger partial charge on any atom is 0.264 e. The van der Waals surface area contributed by atoms with Crippen molar-refractivity contribution in [2.24, 2.45) is 0 Å². The van der Waals surface area contributed by atoms with E-state index in [0.29, 0.717) is 39.9 Å². The van der Waals surface area contributed by atoms with Gasteiger partial charge in [-0.15, -0.1) is 0 Å². The number of benzene rings is 2. The third-order valence-electron chi connectivity index (χ3n) is 5.13. The molecule has 0 saturated heterocycles. The quantitative estimate of drug-likeness (QED) is 0.298. The van der Waals surface area contributed by atoms with Crippen molar-refractivity contribution in [1.82, 2.24) is 15.1 Å². The van der Waals surface area contributed by atoms with Crippen molar-refractivity contribution in [2.75, 3.05) is 15.8 Å². The zero-order valence-corrected chi connectivity index (χ0v) is 20.6. The van der Waals surface area contributed by atoms with Crippen LogP contribution in [-0.2, 0) is 10.0 Å². The lowest BCUT2D eigenvalue weighted by molar-refractivity contribution is 0.243. The lowest BCUT2D eigenvalue weighted by Gasteiger charge is -2.15. The topological polar surface area (TPSA) is 145 Å². The van der Waals surface area contributed by atoms with Crippen LogP contribution in [0.2, 0.25) is 0 Å². The number of rotatable bonds is 8. The molecular weight excluding hydrogens is 468 g/mol. The maximum atomic E-state index is 12.7. The van der Waals surface area contributed by atoms with Crippen LogP contribution in [0.1, 0.15) is 25.1 Å². The Kier molecular flexibility index (Phi) is 6.61. The molecule has 182 valence electrons. The van der Waals surface area contributed by atoms with Crippen LogP contribution in [0.3, 0.4) is 0 Å². The van der Waals surface area contributed by atoms with Crippen LogP contribution in [0.5, 0.6) is 5.75 Å². The highest BCUT2D eigenvalue weighted by Gasteiger charge is 2.19. The number of aryl methyl sites for hydroxylation is 1. The van der Waals surface area contributed by atoms with Crippen LogP contribution in [0.4, 0.5) is 23.1 Å². The van der Waals surface area contributed by atoms with Crippen LogP contribution in [0.15, 0.2) is 64.3 Å².